The zero-order valence-corrected chi connectivity index (χ0v) is 11.0. The maximum Gasteiger partial charge on any atom is 0.0270 e. The van der Waals surface area contributed by atoms with Gasteiger partial charge in [-0.3, -0.25) is 0 Å². The topological polar surface area (TPSA) is 0 Å². The van der Waals surface area contributed by atoms with E-state index in [2.05, 4.69) is 62.8 Å². The Balaban J connectivity index is 2.53. The number of hydrogen-bond donors (Lipinski definition) is 0. The quantitative estimate of drug-likeness (QED) is 0.658. The van der Waals surface area contributed by atoms with Crippen LogP contribution in [0.4, 0.5) is 0 Å². The summed E-state index contributed by atoms with van der Waals surface area (Å²) in [6.45, 7) is 0. The maximum absolute atomic E-state index is 3.55. The van der Waals surface area contributed by atoms with Crippen LogP contribution in [0.2, 0.25) is 0 Å². The molecule has 0 saturated carbocycles. The summed E-state index contributed by atoms with van der Waals surface area (Å²) in [5.41, 5.74) is 2.31. The van der Waals surface area contributed by atoms with Gasteiger partial charge in [0, 0.05) is 13.6 Å². The molecule has 0 amide bonds. The minimum absolute atomic E-state index is 1.09. The molecule has 0 spiro atoms. The van der Waals surface area contributed by atoms with Crippen molar-refractivity contribution in [3.8, 4) is 11.1 Å². The highest BCUT2D eigenvalue weighted by Gasteiger charge is 2.02. The first kappa shape index (κ1) is 10.2. The Bertz CT molecular complexity index is 437. The van der Waals surface area contributed by atoms with Crippen LogP contribution >= 0.6 is 38.5 Å². The Kier molecular flexibility index (Phi) is 3.23. The van der Waals surface area contributed by atoms with Crippen molar-refractivity contribution < 1.29 is 0 Å². The molecule has 0 N–H and O–H groups in total. The number of halogens is 2. The van der Waals surface area contributed by atoms with Crippen LogP contribution in [0.5, 0.6) is 0 Å². The largest absolute Gasteiger partial charge is 0.0622 e. The minimum atomic E-state index is 1.09. The molecule has 0 aliphatic heterocycles. The van der Waals surface area contributed by atoms with Crippen LogP contribution in [0.25, 0.3) is 11.1 Å². The first-order valence-electron chi connectivity index (χ1n) is 4.19. The fraction of sp³-hybridized carbons (Fsp3) is 0. The molecule has 0 fully saturated rings. The van der Waals surface area contributed by atoms with Gasteiger partial charge in [0.15, 0.2) is 0 Å². The summed E-state index contributed by atoms with van der Waals surface area (Å²) < 4.78 is 2.28. The fourth-order valence-corrected chi connectivity index (χ4v) is 2.76. The van der Waals surface area contributed by atoms with Crippen molar-refractivity contribution in [1.29, 1.82) is 0 Å². The summed E-state index contributed by atoms with van der Waals surface area (Å²) in [6.07, 6.45) is 0. The summed E-state index contributed by atoms with van der Waals surface area (Å²) in [5, 5.41) is 0. The van der Waals surface area contributed by atoms with Crippen molar-refractivity contribution in [3.63, 3.8) is 0 Å². The summed E-state index contributed by atoms with van der Waals surface area (Å²) >= 11 is 5.83. The molecule has 2 rings (SSSR count). The van der Waals surface area contributed by atoms with E-state index in [9.17, 15) is 0 Å². The van der Waals surface area contributed by atoms with E-state index in [1.54, 1.807) is 0 Å². The highest BCUT2D eigenvalue weighted by atomic mass is 127. The van der Waals surface area contributed by atoms with Gasteiger partial charge in [0.05, 0.1) is 0 Å². The van der Waals surface area contributed by atoms with Gasteiger partial charge < -0.3 is 0 Å². The lowest BCUT2D eigenvalue weighted by molar-refractivity contribution is 1.54. The first-order chi connectivity index (χ1) is 6.77. The molecule has 0 nitrogen and oxygen atoms in total. The number of rotatable bonds is 1. The van der Waals surface area contributed by atoms with Crippen molar-refractivity contribution in [2.24, 2.45) is 0 Å². The third-order valence-corrected chi connectivity index (χ3v) is 3.17. The smallest absolute Gasteiger partial charge is 0.0270 e. The molecular weight excluding hydrogens is 351 g/mol. The van der Waals surface area contributed by atoms with Gasteiger partial charge in [-0.1, -0.05) is 46.3 Å². The molecule has 2 aromatic carbocycles. The highest BCUT2D eigenvalue weighted by molar-refractivity contribution is 14.1. The van der Waals surface area contributed by atoms with Gasteiger partial charge in [0.2, 0.25) is 0 Å². The molecule has 0 aromatic heterocycles. The summed E-state index contributed by atoms with van der Waals surface area (Å²) in [5.74, 6) is 0. The van der Waals surface area contributed by atoms with Gasteiger partial charge in [-0.05, 0) is 46.4 Å². The van der Waals surface area contributed by atoms with Crippen molar-refractivity contribution >= 4 is 38.5 Å². The second-order valence-electron chi connectivity index (χ2n) is 2.91. The average molecular weight is 358 g/mol. The maximum atomic E-state index is 3.55. The summed E-state index contributed by atoms with van der Waals surface area (Å²) in [7, 11) is 0. The lowest BCUT2D eigenvalue weighted by Crippen LogP contribution is -1.80. The molecule has 2 heteroatoms. The van der Waals surface area contributed by atoms with E-state index in [4.69, 9.17) is 0 Å². The van der Waals surface area contributed by atoms with Crippen LogP contribution in [-0.2, 0) is 0 Å². The Morgan fingerprint density at radius 2 is 1.86 bits per heavy atom. The third kappa shape index (κ3) is 2.17. The monoisotopic (exact) mass is 357 g/mol. The normalized spacial score (nSPS) is 10.1. The predicted octanol–water partition coefficient (Wildman–Crippen LogP) is 4.52. The number of hydrogen-bond acceptors (Lipinski definition) is 0. The van der Waals surface area contributed by atoms with E-state index in [1.807, 2.05) is 24.3 Å². The van der Waals surface area contributed by atoms with Crippen molar-refractivity contribution in [1.82, 2.24) is 0 Å². The molecule has 0 bridgehead atoms. The summed E-state index contributed by atoms with van der Waals surface area (Å²) in [6, 6.07) is 17.6. The van der Waals surface area contributed by atoms with Gasteiger partial charge >= 0.3 is 0 Å². The Morgan fingerprint density at radius 3 is 2.50 bits per heavy atom. The van der Waals surface area contributed by atoms with Crippen LogP contribution < -0.4 is 0 Å². The van der Waals surface area contributed by atoms with E-state index in [-0.39, 0.29) is 0 Å². The van der Waals surface area contributed by atoms with Crippen LogP contribution in [0, 0.1) is 9.64 Å². The lowest BCUT2D eigenvalue weighted by atomic mass is 10.1. The van der Waals surface area contributed by atoms with Gasteiger partial charge in [0.1, 0.15) is 0 Å². The van der Waals surface area contributed by atoms with Crippen LogP contribution in [0.3, 0.4) is 0 Å². The molecule has 14 heavy (non-hydrogen) atoms. The average Bonchev–Trinajstić information content (AvgIpc) is 2.19. The molecule has 69 valence electrons. The fourth-order valence-electron chi connectivity index (χ4n) is 1.27. The zero-order valence-electron chi connectivity index (χ0n) is 7.30. The Labute approximate surface area is 106 Å². The van der Waals surface area contributed by atoms with E-state index >= 15 is 0 Å². The minimum Gasteiger partial charge on any atom is -0.0622 e. The molecule has 0 saturated heterocycles. The van der Waals surface area contributed by atoms with Crippen molar-refractivity contribution in [2.45, 2.75) is 0 Å². The van der Waals surface area contributed by atoms with E-state index < -0.39 is 0 Å². The third-order valence-electron chi connectivity index (χ3n) is 1.92. The van der Waals surface area contributed by atoms with E-state index in [0.717, 1.165) is 10.0 Å². The van der Waals surface area contributed by atoms with Gasteiger partial charge in [-0.15, -0.1) is 0 Å². The van der Waals surface area contributed by atoms with Crippen molar-refractivity contribution in [2.75, 3.05) is 0 Å². The number of benzene rings is 2. The SMILES string of the molecule is Brc1cc(I)c[c]c1-c1ccccc1. The molecule has 2 aromatic rings. The Hall–Kier alpha value is -0.350. The molecule has 0 atom stereocenters. The molecule has 0 unspecified atom stereocenters. The van der Waals surface area contributed by atoms with Crippen LogP contribution in [0.15, 0.2) is 46.9 Å². The van der Waals surface area contributed by atoms with Crippen LogP contribution in [0.1, 0.15) is 0 Å². The molecule has 0 heterocycles. The van der Waals surface area contributed by atoms with E-state index in [1.165, 1.54) is 9.13 Å². The van der Waals surface area contributed by atoms with Gasteiger partial charge in [-0.2, -0.15) is 0 Å². The van der Waals surface area contributed by atoms with E-state index in [0.29, 0.717) is 0 Å². The lowest BCUT2D eigenvalue weighted by Gasteiger charge is -2.03. The van der Waals surface area contributed by atoms with Crippen LogP contribution in [-0.4, -0.2) is 0 Å². The van der Waals surface area contributed by atoms with Crippen molar-refractivity contribution in [3.05, 3.63) is 56.6 Å². The van der Waals surface area contributed by atoms with Gasteiger partial charge in [0.25, 0.3) is 0 Å². The molecule has 0 aliphatic carbocycles. The standard InChI is InChI=1S/C12H7BrI/c13-12-8-10(14)6-7-11(12)9-4-2-1-3-5-9/h1-6,8H. The molecular formula is C12H7BrI. The second kappa shape index (κ2) is 4.45. The molecule has 1 radical (unpaired) electrons. The first-order valence-corrected chi connectivity index (χ1v) is 6.07. The summed E-state index contributed by atoms with van der Waals surface area (Å²) in [4.78, 5) is 0. The highest BCUT2D eigenvalue weighted by Crippen LogP contribution is 2.28. The molecule has 0 aliphatic rings. The predicted molar refractivity (Wildman–Crippen MR) is 71.1 cm³/mol. The van der Waals surface area contributed by atoms with Gasteiger partial charge in [-0.25, -0.2) is 0 Å². The zero-order chi connectivity index (χ0) is 9.97. The Morgan fingerprint density at radius 1 is 1.14 bits per heavy atom. The second-order valence-corrected chi connectivity index (χ2v) is 5.01.